The zero-order valence-corrected chi connectivity index (χ0v) is 19.5. The number of carbonyl (C=O) groups excluding carboxylic acids is 3. The third kappa shape index (κ3) is 5.87. The van der Waals surface area contributed by atoms with Crippen LogP contribution in [0.3, 0.4) is 0 Å². The molecule has 0 radical (unpaired) electrons. The number of hydrogen-bond acceptors (Lipinski definition) is 5. The molecule has 1 aliphatic heterocycles. The molecule has 1 fully saturated rings. The fourth-order valence-corrected chi connectivity index (χ4v) is 3.93. The van der Waals surface area contributed by atoms with Crippen molar-refractivity contribution >= 4 is 52.2 Å². The molecular weight excluding hydrogens is 477 g/mol. The van der Waals surface area contributed by atoms with Crippen LogP contribution in [0.4, 0.5) is 11.4 Å². The molecule has 0 atom stereocenters. The zero-order valence-electron chi connectivity index (χ0n) is 18.0. The highest BCUT2D eigenvalue weighted by atomic mass is 35.5. The van der Waals surface area contributed by atoms with Crippen LogP contribution in [0.5, 0.6) is 5.75 Å². The number of nitrogens with zero attached hydrogens (tertiary/aromatic N) is 1. The third-order valence-electron chi connectivity index (χ3n) is 5.20. The van der Waals surface area contributed by atoms with Gasteiger partial charge < -0.3 is 20.3 Å². The first kappa shape index (κ1) is 23.6. The van der Waals surface area contributed by atoms with Crippen LogP contribution in [-0.4, -0.2) is 43.8 Å². The van der Waals surface area contributed by atoms with Crippen molar-refractivity contribution in [2.75, 3.05) is 36.5 Å². The fraction of sp³-hybridized carbons (Fsp3) is 0.160. The van der Waals surface area contributed by atoms with Crippen LogP contribution in [0.25, 0.3) is 0 Å². The minimum atomic E-state index is -0.359. The molecule has 2 N–H and O–H groups in total. The maximum Gasteiger partial charge on any atom is 0.262 e. The first-order valence-electron chi connectivity index (χ1n) is 10.5. The quantitative estimate of drug-likeness (QED) is 0.478. The van der Waals surface area contributed by atoms with E-state index < -0.39 is 0 Å². The molecule has 0 saturated carbocycles. The van der Waals surface area contributed by atoms with E-state index in [9.17, 15) is 14.4 Å². The van der Waals surface area contributed by atoms with E-state index in [1.165, 1.54) is 0 Å². The highest BCUT2D eigenvalue weighted by molar-refractivity contribution is 6.33. The smallest absolute Gasteiger partial charge is 0.262 e. The lowest BCUT2D eigenvalue weighted by Gasteiger charge is -2.29. The summed E-state index contributed by atoms with van der Waals surface area (Å²) in [7, 11) is 0. The second kappa shape index (κ2) is 10.6. The maximum atomic E-state index is 12.5. The summed E-state index contributed by atoms with van der Waals surface area (Å²) in [6.07, 6.45) is 0. The number of hydrogen-bond donors (Lipinski definition) is 2. The molecule has 1 heterocycles. The van der Waals surface area contributed by atoms with E-state index in [1.807, 2.05) is 4.90 Å². The Morgan fingerprint density at radius 2 is 1.65 bits per heavy atom. The van der Waals surface area contributed by atoms with Crippen molar-refractivity contribution in [3.05, 3.63) is 87.9 Å². The number of carbonyl (C=O) groups is 3. The monoisotopic (exact) mass is 497 g/mol. The molecule has 3 aromatic carbocycles. The van der Waals surface area contributed by atoms with Crippen molar-refractivity contribution in [3.63, 3.8) is 0 Å². The predicted molar refractivity (Wildman–Crippen MR) is 132 cm³/mol. The summed E-state index contributed by atoms with van der Waals surface area (Å²) in [4.78, 5) is 38.3. The van der Waals surface area contributed by atoms with Gasteiger partial charge in [-0.2, -0.15) is 0 Å². The Labute approximate surface area is 206 Å². The fourth-order valence-electron chi connectivity index (χ4n) is 3.50. The third-order valence-corrected chi connectivity index (χ3v) is 5.76. The molecule has 174 valence electrons. The van der Waals surface area contributed by atoms with E-state index in [0.29, 0.717) is 45.7 Å². The van der Waals surface area contributed by atoms with E-state index in [1.54, 1.807) is 66.7 Å². The maximum absolute atomic E-state index is 12.5. The Bertz CT molecular complexity index is 1210. The van der Waals surface area contributed by atoms with Gasteiger partial charge >= 0.3 is 0 Å². The molecule has 0 aliphatic carbocycles. The number of ether oxygens (including phenoxy) is 1. The number of amides is 2. The SMILES string of the molecule is O=C1CN(c2ccc(NC(=O)COc3ccc(C(=O)c4ccc(Cl)cc4)cc3)cc2Cl)CCN1. The van der Waals surface area contributed by atoms with Crippen molar-refractivity contribution in [3.8, 4) is 5.75 Å². The summed E-state index contributed by atoms with van der Waals surface area (Å²) in [5, 5.41) is 6.51. The average Bonchev–Trinajstić information content (AvgIpc) is 2.83. The van der Waals surface area contributed by atoms with Gasteiger partial charge in [0.15, 0.2) is 12.4 Å². The van der Waals surface area contributed by atoms with Crippen LogP contribution in [0, 0.1) is 0 Å². The first-order chi connectivity index (χ1) is 16.4. The summed E-state index contributed by atoms with van der Waals surface area (Å²) in [6, 6.07) is 18.4. The second-order valence-corrected chi connectivity index (χ2v) is 8.48. The van der Waals surface area contributed by atoms with E-state index in [2.05, 4.69) is 10.6 Å². The number of halogens is 2. The molecule has 0 unspecified atom stereocenters. The van der Waals surface area contributed by atoms with E-state index in [4.69, 9.17) is 27.9 Å². The Balaban J connectivity index is 1.30. The Morgan fingerprint density at radius 3 is 2.29 bits per heavy atom. The van der Waals surface area contributed by atoms with Gasteiger partial charge in [0.2, 0.25) is 5.91 Å². The molecular formula is C25H21Cl2N3O4. The molecule has 9 heteroatoms. The van der Waals surface area contributed by atoms with Gasteiger partial charge in [0.1, 0.15) is 5.75 Å². The number of nitrogens with one attached hydrogen (secondary N) is 2. The standard InChI is InChI=1S/C25H21Cl2N3O4/c26-18-5-1-16(2-6-18)25(33)17-3-8-20(9-4-17)34-15-24(32)29-19-7-10-22(21(27)13-19)30-12-11-28-23(31)14-30/h1-10,13H,11-12,14-15H2,(H,28,31)(H,29,32). The van der Waals surface area contributed by atoms with Crippen LogP contribution in [0.15, 0.2) is 66.7 Å². The summed E-state index contributed by atoms with van der Waals surface area (Å²) in [6.45, 7) is 1.25. The van der Waals surface area contributed by atoms with Crippen molar-refractivity contribution in [2.24, 2.45) is 0 Å². The predicted octanol–water partition coefficient (Wildman–Crippen LogP) is 4.18. The van der Waals surface area contributed by atoms with Crippen LogP contribution in [-0.2, 0) is 9.59 Å². The van der Waals surface area contributed by atoms with Crippen LogP contribution < -0.4 is 20.3 Å². The molecule has 0 aromatic heterocycles. The van der Waals surface area contributed by atoms with E-state index in [-0.39, 0.29) is 30.7 Å². The van der Waals surface area contributed by atoms with Crippen LogP contribution in [0.2, 0.25) is 10.0 Å². The minimum absolute atomic E-state index is 0.0563. The van der Waals surface area contributed by atoms with Crippen molar-refractivity contribution < 1.29 is 19.1 Å². The van der Waals surface area contributed by atoms with Gasteiger partial charge in [-0.25, -0.2) is 0 Å². The average molecular weight is 498 g/mol. The van der Waals surface area contributed by atoms with Crippen LogP contribution in [0.1, 0.15) is 15.9 Å². The summed E-state index contributed by atoms with van der Waals surface area (Å²) in [5.74, 6) is -0.0901. The molecule has 1 aliphatic rings. The van der Waals surface area contributed by atoms with Gasteiger partial charge in [0.05, 0.1) is 17.3 Å². The highest BCUT2D eigenvalue weighted by Crippen LogP contribution is 2.29. The van der Waals surface area contributed by atoms with Crippen molar-refractivity contribution in [2.45, 2.75) is 0 Å². The summed E-state index contributed by atoms with van der Waals surface area (Å²) in [5.41, 5.74) is 2.29. The molecule has 3 aromatic rings. The number of ketones is 1. The summed E-state index contributed by atoms with van der Waals surface area (Å²) >= 11 is 12.2. The first-order valence-corrected chi connectivity index (χ1v) is 11.3. The molecule has 0 bridgehead atoms. The molecule has 1 saturated heterocycles. The van der Waals surface area contributed by atoms with Crippen molar-refractivity contribution in [1.29, 1.82) is 0 Å². The van der Waals surface area contributed by atoms with Gasteiger partial charge in [-0.1, -0.05) is 23.2 Å². The minimum Gasteiger partial charge on any atom is -0.484 e. The highest BCUT2D eigenvalue weighted by Gasteiger charge is 2.19. The Hall–Kier alpha value is -3.55. The van der Waals surface area contributed by atoms with Gasteiger partial charge in [-0.15, -0.1) is 0 Å². The lowest BCUT2D eigenvalue weighted by Crippen LogP contribution is -2.47. The van der Waals surface area contributed by atoms with Gasteiger partial charge in [-0.05, 0) is 66.7 Å². The summed E-state index contributed by atoms with van der Waals surface area (Å²) < 4.78 is 5.53. The van der Waals surface area contributed by atoms with Crippen molar-refractivity contribution in [1.82, 2.24) is 5.32 Å². The van der Waals surface area contributed by atoms with Gasteiger partial charge in [0, 0.05) is 34.9 Å². The molecule has 7 nitrogen and oxygen atoms in total. The lowest BCUT2D eigenvalue weighted by molar-refractivity contribution is -0.120. The molecule has 4 rings (SSSR count). The van der Waals surface area contributed by atoms with E-state index >= 15 is 0 Å². The number of anilines is 2. The normalized spacial score (nSPS) is 13.2. The van der Waals surface area contributed by atoms with Gasteiger partial charge in [-0.3, -0.25) is 14.4 Å². The van der Waals surface area contributed by atoms with Crippen LogP contribution >= 0.6 is 23.2 Å². The number of piperazine rings is 1. The number of rotatable bonds is 7. The molecule has 2 amide bonds. The number of benzene rings is 3. The molecule has 0 spiro atoms. The largest absolute Gasteiger partial charge is 0.484 e. The van der Waals surface area contributed by atoms with Gasteiger partial charge in [0.25, 0.3) is 5.91 Å². The van der Waals surface area contributed by atoms with E-state index in [0.717, 1.165) is 5.69 Å². The lowest BCUT2D eigenvalue weighted by atomic mass is 10.0. The Morgan fingerprint density at radius 1 is 0.971 bits per heavy atom. The Kier molecular flexibility index (Phi) is 7.35. The molecule has 34 heavy (non-hydrogen) atoms. The topological polar surface area (TPSA) is 87.7 Å². The zero-order chi connectivity index (χ0) is 24.1. The second-order valence-electron chi connectivity index (χ2n) is 7.63.